The highest BCUT2D eigenvalue weighted by Crippen LogP contribution is 2.38. The van der Waals surface area contributed by atoms with Crippen LogP contribution >= 0.6 is 23.2 Å². The number of ether oxygens (including phenoxy) is 1. The van der Waals surface area contributed by atoms with E-state index >= 15 is 0 Å². The van der Waals surface area contributed by atoms with Crippen LogP contribution in [0.1, 0.15) is 28.9 Å². The zero-order chi connectivity index (χ0) is 29.9. The molecule has 1 saturated carbocycles. The van der Waals surface area contributed by atoms with Crippen molar-refractivity contribution in [3.8, 4) is 17.2 Å². The Bertz CT molecular complexity index is 2000. The Morgan fingerprint density at radius 1 is 1.07 bits per heavy atom. The first kappa shape index (κ1) is 27.9. The minimum absolute atomic E-state index is 0.00405. The van der Waals surface area contributed by atoms with E-state index in [-0.39, 0.29) is 50.0 Å². The van der Waals surface area contributed by atoms with Crippen LogP contribution in [0, 0.1) is 17.5 Å². The summed E-state index contributed by atoms with van der Waals surface area (Å²) in [4.78, 5) is 16.2. The highest BCUT2D eigenvalue weighted by Gasteiger charge is 2.36. The number of carbonyl (C=O) groups is 1. The molecule has 0 unspecified atom stereocenters. The van der Waals surface area contributed by atoms with Gasteiger partial charge in [-0.15, -0.1) is 0 Å². The number of rotatable bonds is 8. The van der Waals surface area contributed by atoms with Crippen molar-refractivity contribution in [3.05, 3.63) is 93.5 Å². The molecule has 0 bridgehead atoms. The van der Waals surface area contributed by atoms with Gasteiger partial charge >= 0.3 is 0 Å². The predicted molar refractivity (Wildman–Crippen MR) is 152 cm³/mol. The highest BCUT2D eigenvalue weighted by molar-refractivity contribution is 7.93. The monoisotopic (exact) mass is 635 g/mol. The third-order valence-electron chi connectivity index (χ3n) is 6.57. The molecule has 42 heavy (non-hydrogen) atoms. The van der Waals surface area contributed by atoms with Gasteiger partial charge in [0, 0.05) is 23.0 Å². The fourth-order valence-electron chi connectivity index (χ4n) is 4.32. The fourth-order valence-corrected chi connectivity index (χ4v) is 6.33. The lowest BCUT2D eigenvalue weighted by molar-refractivity contribution is 0.103. The summed E-state index contributed by atoms with van der Waals surface area (Å²) < 4.78 is 75.5. The molecule has 9 nitrogen and oxygen atoms in total. The van der Waals surface area contributed by atoms with Crippen LogP contribution in [0.3, 0.4) is 0 Å². The molecule has 2 heterocycles. The van der Waals surface area contributed by atoms with Gasteiger partial charge in [0.25, 0.3) is 0 Å². The number of hydrogen-bond donors (Lipinski definition) is 3. The molecule has 0 spiro atoms. The molecule has 3 aromatic carbocycles. The van der Waals surface area contributed by atoms with Gasteiger partial charge in [-0.05, 0) is 43.2 Å². The van der Waals surface area contributed by atoms with E-state index in [0.29, 0.717) is 23.7 Å². The Morgan fingerprint density at radius 2 is 1.79 bits per heavy atom. The number of aromatic nitrogens is 3. The summed E-state index contributed by atoms with van der Waals surface area (Å²) in [5.41, 5.74) is 6.42. The molecule has 5 aromatic rings. The van der Waals surface area contributed by atoms with Crippen molar-refractivity contribution in [1.29, 1.82) is 0 Å². The van der Waals surface area contributed by atoms with Gasteiger partial charge in [-0.25, -0.2) is 21.9 Å². The summed E-state index contributed by atoms with van der Waals surface area (Å²) in [6.07, 6.45) is 2.22. The summed E-state index contributed by atoms with van der Waals surface area (Å²) in [7, 11) is -3.70. The molecule has 0 saturated heterocycles. The smallest absolute Gasteiger partial charge is 0.235 e. The number of benzene rings is 3. The lowest BCUT2D eigenvalue weighted by atomic mass is 10.1. The molecule has 1 aliphatic carbocycles. The molecule has 4 N–H and O–H groups in total. The van der Waals surface area contributed by atoms with E-state index in [2.05, 4.69) is 14.8 Å². The molecule has 1 aliphatic rings. The number of carbonyl (C=O) groups excluding carboxylic acids is 1. The Balaban J connectivity index is 1.29. The third kappa shape index (κ3) is 5.03. The zero-order valence-electron chi connectivity index (χ0n) is 21.1. The van der Waals surface area contributed by atoms with Crippen molar-refractivity contribution < 1.29 is 31.1 Å². The first-order valence-electron chi connectivity index (χ1n) is 12.3. The maximum absolute atomic E-state index is 14.7. The summed E-state index contributed by atoms with van der Waals surface area (Å²) in [5, 5.41) is 3.87. The van der Waals surface area contributed by atoms with Crippen LogP contribution in [0.2, 0.25) is 10.0 Å². The Hall–Kier alpha value is -4.20. The summed E-state index contributed by atoms with van der Waals surface area (Å²) >= 11 is 12.8. The van der Waals surface area contributed by atoms with Gasteiger partial charge in [-0.3, -0.25) is 9.52 Å². The van der Waals surface area contributed by atoms with Crippen molar-refractivity contribution in [2.24, 2.45) is 0 Å². The first-order chi connectivity index (χ1) is 19.9. The average molecular weight is 636 g/mol. The molecule has 0 atom stereocenters. The van der Waals surface area contributed by atoms with Crippen molar-refractivity contribution in [2.75, 3.05) is 10.5 Å². The van der Waals surface area contributed by atoms with Crippen molar-refractivity contribution in [3.63, 3.8) is 0 Å². The lowest BCUT2D eigenvalue weighted by Gasteiger charge is -2.13. The average Bonchev–Trinajstić information content (AvgIpc) is 3.63. The SMILES string of the molecule is Nc1c(C(=O)c2cc3cc(F)c(NS(=O)(=O)C4CC4)cc3[nH]2)cnn1-c1c(Cl)cc(Oc2cccc(F)c2F)cc1Cl. The predicted octanol–water partition coefficient (Wildman–Crippen LogP) is 6.59. The van der Waals surface area contributed by atoms with Crippen LogP contribution in [-0.4, -0.2) is 34.2 Å². The fraction of sp³-hybridized carbons (Fsp3) is 0.111. The number of nitrogens with one attached hydrogen (secondary N) is 2. The van der Waals surface area contributed by atoms with E-state index in [1.165, 1.54) is 42.6 Å². The third-order valence-corrected chi connectivity index (χ3v) is 9.00. The molecule has 0 amide bonds. The van der Waals surface area contributed by atoms with Gasteiger partial charge in [0.1, 0.15) is 23.1 Å². The second-order valence-corrected chi connectivity index (χ2v) is 12.3. The number of anilines is 2. The van der Waals surface area contributed by atoms with Crippen LogP contribution in [-0.2, 0) is 10.0 Å². The Labute approximate surface area is 246 Å². The number of hydrogen-bond acceptors (Lipinski definition) is 6. The lowest BCUT2D eigenvalue weighted by Crippen LogP contribution is -2.18. The number of ketones is 1. The van der Waals surface area contributed by atoms with E-state index in [1.807, 2.05) is 0 Å². The first-order valence-corrected chi connectivity index (χ1v) is 14.6. The van der Waals surface area contributed by atoms with Crippen LogP contribution < -0.4 is 15.2 Å². The molecule has 1 fully saturated rings. The molecule has 6 rings (SSSR count). The second kappa shape index (κ2) is 10.3. The maximum Gasteiger partial charge on any atom is 0.235 e. The number of nitrogens with zero attached hydrogens (tertiary/aromatic N) is 2. The molecule has 0 radical (unpaired) electrons. The normalized spacial score (nSPS) is 13.5. The number of aromatic amines is 1. The molecular formula is C27H18Cl2F3N5O4S. The van der Waals surface area contributed by atoms with Crippen molar-refractivity contribution in [2.45, 2.75) is 18.1 Å². The molecule has 0 aliphatic heterocycles. The van der Waals surface area contributed by atoms with E-state index in [9.17, 15) is 26.4 Å². The van der Waals surface area contributed by atoms with E-state index in [4.69, 9.17) is 33.7 Å². The van der Waals surface area contributed by atoms with Crippen LogP contribution in [0.15, 0.2) is 54.7 Å². The minimum Gasteiger partial charge on any atom is -0.454 e. The number of H-pyrrole nitrogens is 1. The van der Waals surface area contributed by atoms with Gasteiger partial charge in [0.2, 0.25) is 21.6 Å². The van der Waals surface area contributed by atoms with Gasteiger partial charge in [-0.1, -0.05) is 29.3 Å². The number of sulfonamides is 1. The maximum atomic E-state index is 14.7. The topological polar surface area (TPSA) is 132 Å². The van der Waals surface area contributed by atoms with Gasteiger partial charge in [-0.2, -0.15) is 9.49 Å². The van der Waals surface area contributed by atoms with Gasteiger partial charge in [0.05, 0.1) is 38.4 Å². The standard InChI is InChI=1S/C27H18Cl2F3N5O4S/c28-16-8-13(41-23-3-1-2-18(30)24(23)32)9-17(29)25(16)37-27(33)15(11-34-37)26(38)22-7-12-6-19(31)21(10-20(12)35-22)36-42(39,40)14-4-5-14/h1-3,6-11,14,35-36H,4-5,33H2. The van der Waals surface area contributed by atoms with Crippen LogP contribution in [0.25, 0.3) is 16.6 Å². The number of halogens is 5. The van der Waals surface area contributed by atoms with E-state index in [0.717, 1.165) is 16.8 Å². The minimum atomic E-state index is -3.70. The largest absolute Gasteiger partial charge is 0.454 e. The van der Waals surface area contributed by atoms with E-state index in [1.54, 1.807) is 0 Å². The number of fused-ring (bicyclic) bond motifs is 1. The number of nitrogens with two attached hydrogens (primary N) is 1. The summed E-state index contributed by atoms with van der Waals surface area (Å²) in [6.45, 7) is 0. The molecule has 216 valence electrons. The van der Waals surface area contributed by atoms with Gasteiger partial charge in [0.15, 0.2) is 11.6 Å². The molecule has 15 heteroatoms. The quantitative estimate of drug-likeness (QED) is 0.165. The van der Waals surface area contributed by atoms with E-state index < -0.39 is 38.5 Å². The van der Waals surface area contributed by atoms with Crippen LogP contribution in [0.4, 0.5) is 24.7 Å². The highest BCUT2D eigenvalue weighted by atomic mass is 35.5. The number of nitrogen functional groups attached to an aromatic ring is 1. The molecular weight excluding hydrogens is 618 g/mol. The van der Waals surface area contributed by atoms with Gasteiger partial charge < -0.3 is 15.5 Å². The van der Waals surface area contributed by atoms with Crippen LogP contribution in [0.5, 0.6) is 11.5 Å². The Kier molecular flexibility index (Phi) is 6.83. The second-order valence-electron chi connectivity index (χ2n) is 9.52. The van der Waals surface area contributed by atoms with Crippen molar-refractivity contribution in [1.82, 2.24) is 14.8 Å². The Morgan fingerprint density at radius 3 is 2.48 bits per heavy atom. The zero-order valence-corrected chi connectivity index (χ0v) is 23.4. The molecule has 2 aromatic heterocycles. The summed E-state index contributed by atoms with van der Waals surface area (Å²) in [5.74, 6) is -4.18. The summed E-state index contributed by atoms with van der Waals surface area (Å²) in [6, 6.07) is 9.79. The van der Waals surface area contributed by atoms with Crippen molar-refractivity contribution >= 4 is 61.4 Å².